The van der Waals surface area contributed by atoms with Gasteiger partial charge in [-0.05, 0) is 41.5 Å². The molecular weight excluding hydrogens is 418 g/mol. The summed E-state index contributed by atoms with van der Waals surface area (Å²) in [5.74, 6) is -0.883. The number of esters is 1. The van der Waals surface area contributed by atoms with Gasteiger partial charge >= 0.3 is 12.0 Å². The predicted octanol–water partition coefficient (Wildman–Crippen LogP) is 3.86. The molecular formula is C26H25N3O4. The van der Waals surface area contributed by atoms with Crippen LogP contribution in [-0.2, 0) is 22.5 Å². The number of imide groups is 1. The Balaban J connectivity index is 1.70. The molecule has 0 bridgehead atoms. The van der Waals surface area contributed by atoms with Crippen LogP contribution in [0.25, 0.3) is 6.08 Å². The molecule has 0 aliphatic carbocycles. The number of carbonyl (C=O) groups excluding carboxylic acids is 3. The SMILES string of the molecule is COC(=O)/C=C/c1ccc(CN(CCc2ccccn2)C(=O)NC(=O)c2ccccc2)cc1. The molecule has 1 aromatic heterocycles. The van der Waals surface area contributed by atoms with Gasteiger partial charge in [0.25, 0.3) is 5.91 Å². The first kappa shape index (κ1) is 23.4. The lowest BCUT2D eigenvalue weighted by Crippen LogP contribution is -2.43. The number of ether oxygens (including phenoxy) is 1. The highest BCUT2D eigenvalue weighted by Crippen LogP contribution is 2.11. The van der Waals surface area contributed by atoms with Crippen molar-refractivity contribution >= 4 is 24.0 Å². The monoisotopic (exact) mass is 443 g/mol. The number of hydrogen-bond donors (Lipinski definition) is 1. The number of methoxy groups -OCH3 is 1. The van der Waals surface area contributed by atoms with Crippen molar-refractivity contribution in [2.75, 3.05) is 13.7 Å². The fraction of sp³-hybridized carbons (Fsp3) is 0.154. The van der Waals surface area contributed by atoms with Gasteiger partial charge in [0.2, 0.25) is 0 Å². The Bertz CT molecular complexity index is 1100. The summed E-state index contributed by atoms with van der Waals surface area (Å²) >= 11 is 0. The molecule has 0 unspecified atom stereocenters. The Morgan fingerprint density at radius 1 is 0.970 bits per heavy atom. The van der Waals surface area contributed by atoms with Crippen molar-refractivity contribution in [2.45, 2.75) is 13.0 Å². The van der Waals surface area contributed by atoms with E-state index in [1.165, 1.54) is 13.2 Å². The molecule has 1 heterocycles. The minimum atomic E-state index is -0.477. The molecule has 0 atom stereocenters. The van der Waals surface area contributed by atoms with E-state index in [0.29, 0.717) is 25.1 Å². The molecule has 0 fully saturated rings. The Morgan fingerprint density at radius 3 is 2.36 bits per heavy atom. The van der Waals surface area contributed by atoms with Gasteiger partial charge < -0.3 is 9.64 Å². The quantitative estimate of drug-likeness (QED) is 0.422. The number of benzene rings is 2. The highest BCUT2D eigenvalue weighted by Gasteiger charge is 2.18. The van der Waals surface area contributed by atoms with Crippen LogP contribution in [0.15, 0.2) is 85.1 Å². The van der Waals surface area contributed by atoms with Crippen LogP contribution in [0, 0.1) is 0 Å². The van der Waals surface area contributed by atoms with Crippen molar-refractivity contribution in [3.8, 4) is 0 Å². The zero-order valence-electron chi connectivity index (χ0n) is 18.3. The number of nitrogens with zero attached hydrogens (tertiary/aromatic N) is 2. The normalized spacial score (nSPS) is 10.6. The number of amides is 3. The van der Waals surface area contributed by atoms with Crippen LogP contribution in [0.5, 0.6) is 0 Å². The van der Waals surface area contributed by atoms with Gasteiger partial charge in [-0.2, -0.15) is 0 Å². The maximum absolute atomic E-state index is 12.9. The van der Waals surface area contributed by atoms with E-state index in [4.69, 9.17) is 0 Å². The average Bonchev–Trinajstić information content (AvgIpc) is 2.86. The van der Waals surface area contributed by atoms with E-state index in [0.717, 1.165) is 16.8 Å². The summed E-state index contributed by atoms with van der Waals surface area (Å²) in [7, 11) is 1.32. The van der Waals surface area contributed by atoms with Gasteiger partial charge in [0.05, 0.1) is 7.11 Å². The van der Waals surface area contributed by atoms with Gasteiger partial charge in [-0.15, -0.1) is 0 Å². The summed E-state index contributed by atoms with van der Waals surface area (Å²) in [5.41, 5.74) is 2.98. The number of aromatic nitrogens is 1. The molecule has 0 saturated heterocycles. The van der Waals surface area contributed by atoms with Crippen LogP contribution in [0.3, 0.4) is 0 Å². The fourth-order valence-corrected chi connectivity index (χ4v) is 3.07. The molecule has 3 amide bonds. The standard InChI is InChI=1S/C26H25N3O4/c1-33-24(30)15-14-20-10-12-21(13-11-20)19-29(18-16-23-9-5-6-17-27-23)26(32)28-25(31)22-7-3-2-4-8-22/h2-15,17H,16,18-19H2,1H3,(H,28,31,32)/b15-14+. The molecule has 168 valence electrons. The second-order valence-electron chi connectivity index (χ2n) is 7.22. The Kier molecular flexibility index (Phi) is 8.48. The number of urea groups is 1. The van der Waals surface area contributed by atoms with Gasteiger partial charge in [-0.1, -0.05) is 48.5 Å². The van der Waals surface area contributed by atoms with E-state index >= 15 is 0 Å². The summed E-state index contributed by atoms with van der Waals surface area (Å²) in [6.45, 7) is 0.691. The molecule has 1 N–H and O–H groups in total. The van der Waals surface area contributed by atoms with Crippen molar-refractivity contribution in [3.63, 3.8) is 0 Å². The van der Waals surface area contributed by atoms with Gasteiger partial charge in [0.1, 0.15) is 0 Å². The van der Waals surface area contributed by atoms with E-state index in [2.05, 4.69) is 15.0 Å². The van der Waals surface area contributed by atoms with E-state index in [1.54, 1.807) is 41.4 Å². The van der Waals surface area contributed by atoms with Crippen molar-refractivity contribution in [3.05, 3.63) is 107 Å². The largest absolute Gasteiger partial charge is 0.466 e. The molecule has 7 nitrogen and oxygen atoms in total. The minimum absolute atomic E-state index is 0.307. The number of pyridine rings is 1. The van der Waals surface area contributed by atoms with Crippen LogP contribution in [0.4, 0.5) is 4.79 Å². The number of rotatable bonds is 8. The number of hydrogen-bond acceptors (Lipinski definition) is 5. The first-order chi connectivity index (χ1) is 16.0. The second kappa shape index (κ2) is 12.0. The summed E-state index contributed by atoms with van der Waals surface area (Å²) in [6, 6.07) is 21.2. The molecule has 3 aromatic rings. The maximum Gasteiger partial charge on any atom is 0.330 e. The average molecular weight is 444 g/mol. The van der Waals surface area contributed by atoms with E-state index < -0.39 is 17.9 Å². The summed E-state index contributed by atoms with van der Waals surface area (Å²) in [6.07, 6.45) is 5.25. The lowest BCUT2D eigenvalue weighted by atomic mass is 10.1. The van der Waals surface area contributed by atoms with Gasteiger partial charge in [0.15, 0.2) is 0 Å². The van der Waals surface area contributed by atoms with Crippen LogP contribution < -0.4 is 5.32 Å². The highest BCUT2D eigenvalue weighted by atomic mass is 16.5. The Labute approximate surface area is 192 Å². The Hall–Kier alpha value is -4.26. The first-order valence-electron chi connectivity index (χ1n) is 10.5. The highest BCUT2D eigenvalue weighted by molar-refractivity contribution is 6.04. The molecule has 0 saturated carbocycles. The van der Waals surface area contributed by atoms with E-state index in [-0.39, 0.29) is 0 Å². The van der Waals surface area contributed by atoms with E-state index in [1.807, 2.05) is 48.5 Å². The zero-order chi connectivity index (χ0) is 23.5. The maximum atomic E-state index is 12.9. The number of nitrogens with one attached hydrogen (secondary N) is 1. The van der Waals surface area contributed by atoms with Crippen LogP contribution in [-0.4, -0.2) is 41.4 Å². The third-order valence-electron chi connectivity index (χ3n) is 4.87. The number of carbonyl (C=O) groups is 3. The third-order valence-corrected chi connectivity index (χ3v) is 4.87. The molecule has 0 aliphatic rings. The molecule has 33 heavy (non-hydrogen) atoms. The zero-order valence-corrected chi connectivity index (χ0v) is 18.3. The van der Waals surface area contributed by atoms with Crippen molar-refractivity contribution < 1.29 is 19.1 Å². The van der Waals surface area contributed by atoms with Crippen molar-refractivity contribution in [1.29, 1.82) is 0 Å². The smallest absolute Gasteiger partial charge is 0.330 e. The van der Waals surface area contributed by atoms with Crippen LogP contribution in [0.2, 0.25) is 0 Å². The second-order valence-corrected chi connectivity index (χ2v) is 7.22. The van der Waals surface area contributed by atoms with Crippen LogP contribution >= 0.6 is 0 Å². The summed E-state index contributed by atoms with van der Waals surface area (Å²) < 4.78 is 4.59. The van der Waals surface area contributed by atoms with Crippen LogP contribution in [0.1, 0.15) is 27.2 Å². The molecule has 7 heteroatoms. The van der Waals surface area contributed by atoms with Crippen molar-refractivity contribution in [2.24, 2.45) is 0 Å². The Morgan fingerprint density at radius 2 is 1.70 bits per heavy atom. The molecule has 0 spiro atoms. The van der Waals surface area contributed by atoms with Gasteiger partial charge in [-0.3, -0.25) is 15.1 Å². The molecule has 0 aliphatic heterocycles. The lowest BCUT2D eigenvalue weighted by Gasteiger charge is -2.23. The molecule has 2 aromatic carbocycles. The molecule has 0 radical (unpaired) electrons. The first-order valence-corrected chi connectivity index (χ1v) is 10.5. The molecule has 3 rings (SSSR count). The van der Waals surface area contributed by atoms with E-state index in [9.17, 15) is 14.4 Å². The third kappa shape index (κ3) is 7.43. The van der Waals surface area contributed by atoms with Gasteiger partial charge in [-0.25, -0.2) is 9.59 Å². The fourth-order valence-electron chi connectivity index (χ4n) is 3.07. The topological polar surface area (TPSA) is 88.6 Å². The van der Waals surface area contributed by atoms with Gasteiger partial charge in [0, 0.05) is 43.0 Å². The predicted molar refractivity (Wildman–Crippen MR) is 125 cm³/mol. The lowest BCUT2D eigenvalue weighted by molar-refractivity contribution is -0.134. The summed E-state index contributed by atoms with van der Waals surface area (Å²) in [4.78, 5) is 42.6. The summed E-state index contributed by atoms with van der Waals surface area (Å²) in [5, 5.41) is 2.47. The minimum Gasteiger partial charge on any atom is -0.466 e. The van der Waals surface area contributed by atoms with Crippen molar-refractivity contribution in [1.82, 2.24) is 15.2 Å².